The molecule has 4 unspecified atom stereocenters. The molecule has 0 saturated heterocycles. The van der Waals surface area contributed by atoms with Crippen molar-refractivity contribution in [3.63, 3.8) is 0 Å². The van der Waals surface area contributed by atoms with Gasteiger partial charge in [0.15, 0.2) is 0 Å². The van der Waals surface area contributed by atoms with E-state index in [2.05, 4.69) is 25.3 Å². The normalized spacial score (nSPS) is 20.2. The van der Waals surface area contributed by atoms with Crippen LogP contribution in [0.3, 0.4) is 0 Å². The Balaban J connectivity index is 1.35. The standard InChI is InChI=1S/C33H36N6O6/c1-21-29(31(41)44-3)30(25-6-4-5-12-35-25)33(32(42)43,22(2)38-21)11-17-45-28(40)19-26(39-16-15-34-20-39)24-9-7-23(8-10-24)18-27-36-13-14-37-27/h4-10,12-16,20,22,26,30,38H,11,17-19H2,1-3H3,(H,36,37)(H,42,43). The molecule has 0 fully saturated rings. The fraction of sp³-hybridized carbons (Fsp3) is 0.333. The van der Waals surface area contributed by atoms with Gasteiger partial charge in [0.05, 0.1) is 44.0 Å². The number of nitrogens with one attached hydrogen (secondary N) is 2. The Bertz CT molecular complexity index is 1640. The lowest BCUT2D eigenvalue weighted by molar-refractivity contribution is -0.158. The third-order valence-electron chi connectivity index (χ3n) is 8.52. The number of H-pyrrole nitrogens is 1. The maximum atomic E-state index is 13.3. The Labute approximate surface area is 260 Å². The first-order valence-corrected chi connectivity index (χ1v) is 14.6. The molecule has 0 spiro atoms. The number of aliphatic carboxylic acids is 1. The van der Waals surface area contributed by atoms with E-state index in [1.54, 1.807) is 69.4 Å². The van der Waals surface area contributed by atoms with Crippen molar-refractivity contribution in [2.24, 2.45) is 5.41 Å². The first kappa shape index (κ1) is 31.2. The summed E-state index contributed by atoms with van der Waals surface area (Å²) in [6, 6.07) is 12.0. The van der Waals surface area contributed by atoms with Crippen LogP contribution in [0.1, 0.15) is 61.3 Å². The predicted octanol–water partition coefficient (Wildman–Crippen LogP) is 3.80. The van der Waals surface area contributed by atoms with Gasteiger partial charge in [0.1, 0.15) is 11.2 Å². The number of benzene rings is 1. The van der Waals surface area contributed by atoms with Crippen molar-refractivity contribution in [2.75, 3.05) is 13.7 Å². The lowest BCUT2D eigenvalue weighted by atomic mass is 9.61. The minimum absolute atomic E-state index is 0.00213. The molecule has 234 valence electrons. The number of carbonyl (C=O) groups excluding carboxylic acids is 2. The number of carbonyl (C=O) groups is 3. The number of allylic oxidation sites excluding steroid dienone is 1. The molecule has 0 bridgehead atoms. The second-order valence-corrected chi connectivity index (χ2v) is 11.1. The molecule has 1 aliphatic rings. The molecule has 4 heterocycles. The van der Waals surface area contributed by atoms with E-state index in [1.807, 2.05) is 28.8 Å². The number of rotatable bonds is 12. The van der Waals surface area contributed by atoms with Crippen LogP contribution in [0.2, 0.25) is 0 Å². The van der Waals surface area contributed by atoms with Gasteiger partial charge in [-0.05, 0) is 37.1 Å². The van der Waals surface area contributed by atoms with Crippen LogP contribution in [0.5, 0.6) is 0 Å². The summed E-state index contributed by atoms with van der Waals surface area (Å²) < 4.78 is 12.6. The topological polar surface area (TPSA) is 161 Å². The summed E-state index contributed by atoms with van der Waals surface area (Å²) in [5.41, 5.74) is 1.48. The van der Waals surface area contributed by atoms with Gasteiger partial charge in [-0.3, -0.25) is 14.6 Å². The molecule has 1 aliphatic heterocycles. The number of nitrogens with zero attached hydrogens (tertiary/aromatic N) is 4. The molecule has 0 amide bonds. The number of ether oxygens (including phenoxy) is 2. The quantitative estimate of drug-likeness (QED) is 0.201. The van der Waals surface area contributed by atoms with Gasteiger partial charge in [-0.2, -0.15) is 0 Å². The molecule has 4 aromatic rings. The van der Waals surface area contributed by atoms with Crippen LogP contribution in [0.15, 0.2) is 91.0 Å². The number of carboxylic acid groups (broad SMARTS) is 1. The number of methoxy groups -OCH3 is 1. The number of esters is 2. The summed E-state index contributed by atoms with van der Waals surface area (Å²) in [6.45, 7) is 3.27. The van der Waals surface area contributed by atoms with E-state index >= 15 is 0 Å². The smallest absolute Gasteiger partial charge is 0.336 e. The molecule has 3 N–H and O–H groups in total. The van der Waals surface area contributed by atoms with Crippen LogP contribution < -0.4 is 5.32 Å². The molecule has 0 radical (unpaired) electrons. The van der Waals surface area contributed by atoms with Crippen LogP contribution in [0, 0.1) is 5.41 Å². The summed E-state index contributed by atoms with van der Waals surface area (Å²) in [6.07, 6.45) is 10.7. The third-order valence-corrected chi connectivity index (χ3v) is 8.52. The Morgan fingerprint density at radius 1 is 1.09 bits per heavy atom. The molecule has 1 aromatic carbocycles. The minimum atomic E-state index is -1.58. The van der Waals surface area contributed by atoms with Crippen molar-refractivity contribution in [3.8, 4) is 0 Å². The van der Waals surface area contributed by atoms with Gasteiger partial charge in [0, 0.05) is 61.3 Å². The maximum absolute atomic E-state index is 13.3. The lowest BCUT2D eigenvalue weighted by Gasteiger charge is -2.46. The summed E-state index contributed by atoms with van der Waals surface area (Å²) in [5, 5.41) is 13.9. The second-order valence-electron chi connectivity index (χ2n) is 11.1. The molecule has 5 rings (SSSR count). The van der Waals surface area contributed by atoms with Crippen LogP contribution in [-0.4, -0.2) is 67.3 Å². The number of imidazole rings is 2. The van der Waals surface area contributed by atoms with Crippen molar-refractivity contribution in [1.29, 1.82) is 0 Å². The molecule has 0 aliphatic carbocycles. The highest BCUT2D eigenvalue weighted by atomic mass is 16.5. The Morgan fingerprint density at radius 3 is 2.51 bits per heavy atom. The van der Waals surface area contributed by atoms with E-state index in [4.69, 9.17) is 9.47 Å². The van der Waals surface area contributed by atoms with Crippen molar-refractivity contribution in [3.05, 3.63) is 114 Å². The highest BCUT2D eigenvalue weighted by Gasteiger charge is 2.57. The van der Waals surface area contributed by atoms with Gasteiger partial charge >= 0.3 is 17.9 Å². The molecule has 3 aromatic heterocycles. The van der Waals surface area contributed by atoms with E-state index in [1.165, 1.54) is 7.11 Å². The third kappa shape index (κ3) is 6.49. The van der Waals surface area contributed by atoms with Crippen LogP contribution in [0.4, 0.5) is 0 Å². The van der Waals surface area contributed by atoms with Gasteiger partial charge in [-0.15, -0.1) is 0 Å². The van der Waals surface area contributed by atoms with Crippen molar-refractivity contribution >= 4 is 17.9 Å². The fourth-order valence-corrected chi connectivity index (χ4v) is 6.22. The molecule has 45 heavy (non-hydrogen) atoms. The van der Waals surface area contributed by atoms with Crippen molar-refractivity contribution in [1.82, 2.24) is 29.8 Å². The van der Waals surface area contributed by atoms with Crippen LogP contribution in [-0.2, 0) is 30.3 Å². The first-order valence-electron chi connectivity index (χ1n) is 14.6. The molecular weight excluding hydrogens is 576 g/mol. The largest absolute Gasteiger partial charge is 0.481 e. The minimum Gasteiger partial charge on any atom is -0.481 e. The fourth-order valence-electron chi connectivity index (χ4n) is 6.22. The number of carboxylic acids is 1. The van der Waals surface area contributed by atoms with Gasteiger partial charge < -0.3 is 29.4 Å². The van der Waals surface area contributed by atoms with E-state index in [0.29, 0.717) is 17.8 Å². The molecule has 12 nitrogen and oxygen atoms in total. The Hall–Kier alpha value is -5.26. The first-order chi connectivity index (χ1) is 21.7. The molecule has 12 heteroatoms. The zero-order valence-corrected chi connectivity index (χ0v) is 25.3. The van der Waals surface area contributed by atoms with Gasteiger partial charge in [-0.25, -0.2) is 14.8 Å². The molecule has 0 saturated carbocycles. The Morgan fingerprint density at radius 2 is 1.89 bits per heavy atom. The lowest BCUT2D eigenvalue weighted by Crippen LogP contribution is -2.57. The zero-order valence-electron chi connectivity index (χ0n) is 25.3. The van der Waals surface area contributed by atoms with Gasteiger partial charge in [-0.1, -0.05) is 30.3 Å². The van der Waals surface area contributed by atoms with E-state index in [9.17, 15) is 19.5 Å². The number of hydrogen-bond donors (Lipinski definition) is 3. The monoisotopic (exact) mass is 612 g/mol. The number of aromatic amines is 1. The van der Waals surface area contributed by atoms with E-state index in [0.717, 1.165) is 17.0 Å². The van der Waals surface area contributed by atoms with Crippen molar-refractivity contribution in [2.45, 2.75) is 51.1 Å². The van der Waals surface area contributed by atoms with Gasteiger partial charge in [0.25, 0.3) is 0 Å². The second kappa shape index (κ2) is 13.6. The van der Waals surface area contributed by atoms with Crippen LogP contribution in [0.25, 0.3) is 0 Å². The highest BCUT2D eigenvalue weighted by Crippen LogP contribution is 2.50. The summed E-state index contributed by atoms with van der Waals surface area (Å²) >= 11 is 0. The average Bonchev–Trinajstić information content (AvgIpc) is 3.76. The Kier molecular flexibility index (Phi) is 9.41. The SMILES string of the molecule is COC(=O)C1=C(C)NC(C)C(CCOC(=O)CC(c2ccc(Cc3ncc[nH]3)cc2)n2ccnc2)(C(=O)O)C1c1ccccn1. The summed E-state index contributed by atoms with van der Waals surface area (Å²) in [7, 11) is 1.25. The van der Waals surface area contributed by atoms with Gasteiger partial charge in [0.2, 0.25) is 0 Å². The number of pyridine rings is 1. The maximum Gasteiger partial charge on any atom is 0.336 e. The molecular formula is C33H36N6O6. The summed E-state index contributed by atoms with van der Waals surface area (Å²) in [5.74, 6) is -2.39. The van der Waals surface area contributed by atoms with Crippen LogP contribution >= 0.6 is 0 Å². The number of hydrogen-bond acceptors (Lipinski definition) is 9. The van der Waals surface area contributed by atoms with E-state index < -0.39 is 35.3 Å². The average molecular weight is 613 g/mol. The molecule has 4 atom stereocenters. The summed E-state index contributed by atoms with van der Waals surface area (Å²) in [4.78, 5) is 55.4. The predicted molar refractivity (Wildman–Crippen MR) is 163 cm³/mol. The van der Waals surface area contributed by atoms with E-state index in [-0.39, 0.29) is 31.1 Å². The number of aromatic nitrogens is 5. The van der Waals surface area contributed by atoms with Crippen molar-refractivity contribution < 1.29 is 29.0 Å². The zero-order chi connectivity index (χ0) is 32.0. The highest BCUT2D eigenvalue weighted by molar-refractivity contribution is 5.94.